The normalized spacial score (nSPS) is 15.2. The first kappa shape index (κ1) is 53.9. The zero-order valence-corrected chi connectivity index (χ0v) is 43.8. The Bertz CT molecular complexity index is 2050. The third kappa shape index (κ3) is 12.1. The van der Waals surface area contributed by atoms with Gasteiger partial charge in [-0.2, -0.15) is 12.1 Å². The van der Waals surface area contributed by atoms with Crippen molar-refractivity contribution in [1.29, 1.82) is 0 Å². The molecule has 0 spiro atoms. The summed E-state index contributed by atoms with van der Waals surface area (Å²) in [5.41, 5.74) is 12.9. The summed E-state index contributed by atoms with van der Waals surface area (Å²) in [6.07, 6.45) is 16.4. The van der Waals surface area contributed by atoms with Crippen molar-refractivity contribution in [3.8, 4) is 22.3 Å². The summed E-state index contributed by atoms with van der Waals surface area (Å²) in [7, 11) is 0. The number of hydrogen-bond donors (Lipinski definition) is 0. The molecule has 2 fully saturated rings. The van der Waals surface area contributed by atoms with Gasteiger partial charge in [0.25, 0.3) is 0 Å². The molecule has 324 valence electrons. The summed E-state index contributed by atoms with van der Waals surface area (Å²) >= 11 is 1.36. The van der Waals surface area contributed by atoms with Crippen LogP contribution >= 0.6 is 24.8 Å². The molecule has 0 aromatic heterocycles. The molecule has 2 saturated carbocycles. The topological polar surface area (TPSA) is 0 Å². The fourth-order valence-corrected chi connectivity index (χ4v) is 10.4. The van der Waals surface area contributed by atoms with E-state index >= 15 is 0 Å². The standard InChI is InChI=1S/2C27H33.2CH3.2ClH.Si.Zr/c2*1-5-27(15-8-9-16-27)19-20-17-21-11-10-13-22(24(21)18-20)23-12-6-7-14-25(23)26(2,3)4;;;;;;/h2*6-7,10-14,17-18H,5,8-9,15-16,19H2,1-4H3;2*1H3;2*1H;;/q4*-1;;;;. The van der Waals surface area contributed by atoms with Gasteiger partial charge < -0.3 is 14.9 Å². The minimum atomic E-state index is 0. The molecule has 60 heavy (non-hydrogen) atoms. The number of halogens is 2. The Morgan fingerprint density at radius 3 is 1.13 bits per heavy atom. The first-order valence-electron chi connectivity index (χ1n) is 21.7. The van der Waals surface area contributed by atoms with E-state index in [4.69, 9.17) is 0 Å². The summed E-state index contributed by atoms with van der Waals surface area (Å²) in [5.74, 6) is 0. The van der Waals surface area contributed by atoms with Crippen LogP contribution < -0.4 is 0 Å². The zero-order chi connectivity index (χ0) is 40.1. The molecule has 2 aliphatic carbocycles. The van der Waals surface area contributed by atoms with Crippen LogP contribution in [0.15, 0.2) is 109 Å². The molecular formula is C56H74Cl2SiZr-4. The van der Waals surface area contributed by atoms with E-state index in [1.165, 1.54) is 166 Å². The first-order valence-corrected chi connectivity index (χ1v) is 25.8. The Balaban J connectivity index is 0.000000373. The van der Waals surface area contributed by atoms with Gasteiger partial charge in [-0.05, 0) is 82.4 Å². The average molecular weight is 937 g/mol. The third-order valence-corrected chi connectivity index (χ3v) is 13.7. The van der Waals surface area contributed by atoms with Crippen LogP contribution in [0.25, 0.3) is 43.8 Å². The number of fused-ring (bicyclic) bond motifs is 2. The number of benzene rings is 4. The van der Waals surface area contributed by atoms with Gasteiger partial charge in [-0.15, -0.1) is 93.9 Å². The maximum absolute atomic E-state index is 3.06. The molecule has 0 amide bonds. The number of rotatable bonds is 8. The summed E-state index contributed by atoms with van der Waals surface area (Å²) in [5, 5.41) is 5.65. The third-order valence-electron chi connectivity index (χ3n) is 13.7. The Morgan fingerprint density at radius 2 is 0.817 bits per heavy atom. The minimum absolute atomic E-state index is 0. The quantitative estimate of drug-likeness (QED) is 0.105. The SMILES string of the molecule is CCC1(Cc2cc3c(-c4ccccc4C(C)(C)C)cccc3[cH-]2)CCCC1.CCC1(Cc2cc3c(-c4ccccc4C(C)(C)C)cccc3[cH-]2)CCCC1.Cl.Cl.[CH3-].[CH3-].[Si]=[Zr]. The predicted octanol–water partition coefficient (Wildman–Crippen LogP) is 17.4. The van der Waals surface area contributed by atoms with E-state index in [-0.39, 0.29) is 50.5 Å². The van der Waals surface area contributed by atoms with E-state index in [9.17, 15) is 0 Å². The van der Waals surface area contributed by atoms with Crippen molar-refractivity contribution in [2.45, 2.75) is 143 Å². The molecule has 0 heterocycles. The molecule has 6 aromatic rings. The van der Waals surface area contributed by atoms with Crippen molar-refractivity contribution in [2.75, 3.05) is 0 Å². The van der Waals surface area contributed by atoms with Crippen molar-refractivity contribution in [3.05, 3.63) is 146 Å². The molecule has 0 N–H and O–H groups in total. The van der Waals surface area contributed by atoms with Gasteiger partial charge in [0.1, 0.15) is 0 Å². The summed E-state index contributed by atoms with van der Waals surface area (Å²) in [6.45, 7) is 21.7. The second-order valence-corrected chi connectivity index (χ2v) is 19.4. The Morgan fingerprint density at radius 1 is 0.500 bits per heavy atom. The summed E-state index contributed by atoms with van der Waals surface area (Å²) in [6, 6.07) is 41.4. The van der Waals surface area contributed by atoms with Crippen molar-refractivity contribution in [3.63, 3.8) is 0 Å². The van der Waals surface area contributed by atoms with E-state index in [0.717, 1.165) is 0 Å². The van der Waals surface area contributed by atoms with Crippen molar-refractivity contribution in [1.82, 2.24) is 0 Å². The van der Waals surface area contributed by atoms with Gasteiger partial charge in [0.2, 0.25) is 0 Å². The van der Waals surface area contributed by atoms with Crippen molar-refractivity contribution >= 4 is 53.2 Å². The van der Waals surface area contributed by atoms with Crippen molar-refractivity contribution < 1.29 is 23.3 Å². The van der Waals surface area contributed by atoms with Crippen molar-refractivity contribution in [2.24, 2.45) is 10.8 Å². The molecule has 4 heteroatoms. The average Bonchev–Trinajstić information content (AvgIpc) is 4.02. The summed E-state index contributed by atoms with van der Waals surface area (Å²) in [4.78, 5) is 0. The first-order chi connectivity index (χ1) is 26.8. The van der Waals surface area contributed by atoms with Gasteiger partial charge in [-0.25, -0.2) is 0 Å². The molecule has 2 aliphatic rings. The second-order valence-electron chi connectivity index (χ2n) is 19.4. The molecule has 0 nitrogen and oxygen atoms in total. The van der Waals surface area contributed by atoms with Crippen LogP contribution in [0.5, 0.6) is 0 Å². The van der Waals surface area contributed by atoms with Gasteiger partial charge in [-0.1, -0.05) is 166 Å². The Hall–Kier alpha value is -2.22. The van der Waals surface area contributed by atoms with Crippen LogP contribution in [0.2, 0.25) is 0 Å². The molecule has 0 unspecified atom stereocenters. The molecule has 0 bridgehead atoms. The van der Waals surface area contributed by atoms with E-state index < -0.39 is 0 Å². The van der Waals surface area contributed by atoms with Gasteiger partial charge in [0.05, 0.1) is 0 Å². The second kappa shape index (κ2) is 22.9. The van der Waals surface area contributed by atoms with E-state index in [0.29, 0.717) is 10.8 Å². The van der Waals surface area contributed by atoms with Crippen LogP contribution in [0, 0.1) is 25.7 Å². The molecule has 0 atom stereocenters. The van der Waals surface area contributed by atoms with Crippen LogP contribution in [0.1, 0.15) is 142 Å². The molecule has 0 saturated heterocycles. The zero-order valence-electron chi connectivity index (χ0n) is 38.7. The van der Waals surface area contributed by atoms with Crippen LogP contribution in [-0.2, 0) is 47.0 Å². The molecule has 6 aromatic carbocycles. The Labute approximate surface area is 396 Å². The van der Waals surface area contributed by atoms with E-state index in [1.807, 2.05) is 0 Å². The van der Waals surface area contributed by atoms with Crippen LogP contribution in [-0.4, -0.2) is 6.88 Å². The van der Waals surface area contributed by atoms with Gasteiger partial charge in [-0.3, -0.25) is 0 Å². The summed E-state index contributed by atoms with van der Waals surface area (Å²) < 4.78 is 0. The molecule has 8 rings (SSSR count). The van der Waals surface area contributed by atoms with E-state index in [1.54, 1.807) is 0 Å². The van der Waals surface area contributed by atoms with Gasteiger partial charge in [0.15, 0.2) is 0 Å². The molecule has 2 radical (unpaired) electrons. The molecule has 0 aliphatic heterocycles. The Kier molecular flexibility index (Phi) is 20.6. The predicted molar refractivity (Wildman–Crippen MR) is 270 cm³/mol. The van der Waals surface area contributed by atoms with Gasteiger partial charge >= 0.3 is 30.2 Å². The van der Waals surface area contributed by atoms with Crippen LogP contribution in [0.4, 0.5) is 0 Å². The molecular weight excluding hydrogens is 863 g/mol. The fourth-order valence-electron chi connectivity index (χ4n) is 10.4. The monoisotopic (exact) mass is 934 g/mol. The van der Waals surface area contributed by atoms with Gasteiger partial charge in [0, 0.05) is 0 Å². The van der Waals surface area contributed by atoms with E-state index in [2.05, 4.69) is 171 Å². The fraction of sp³-hybridized carbons (Fsp3) is 0.429. The number of hydrogen-bond acceptors (Lipinski definition) is 0. The maximum atomic E-state index is 3.06. The van der Waals surface area contributed by atoms with Crippen LogP contribution in [0.3, 0.4) is 0 Å².